The van der Waals surface area contributed by atoms with Crippen LogP contribution in [-0.4, -0.2) is 22.4 Å². The van der Waals surface area contributed by atoms with Crippen LogP contribution in [-0.2, 0) is 4.79 Å². The zero-order valence-corrected chi connectivity index (χ0v) is 15.6. The van der Waals surface area contributed by atoms with Crippen LogP contribution in [0, 0.1) is 5.92 Å². The van der Waals surface area contributed by atoms with E-state index in [4.69, 9.17) is 9.72 Å². The maximum absolute atomic E-state index is 12.6. The van der Waals surface area contributed by atoms with Crippen molar-refractivity contribution in [3.63, 3.8) is 0 Å². The molecule has 1 N–H and O–H groups in total. The van der Waals surface area contributed by atoms with E-state index in [2.05, 4.69) is 5.32 Å². The highest BCUT2D eigenvalue weighted by Crippen LogP contribution is 2.32. The Kier molecular flexibility index (Phi) is 5.10. The third kappa shape index (κ3) is 3.82. The molecule has 140 valence electrons. The average Bonchev–Trinajstić information content (AvgIpc) is 3.35. The summed E-state index contributed by atoms with van der Waals surface area (Å²) in [6.07, 6.45) is 8.59. The fourth-order valence-electron chi connectivity index (χ4n) is 3.92. The van der Waals surface area contributed by atoms with E-state index in [0.29, 0.717) is 12.3 Å². The largest absolute Gasteiger partial charge is 0.497 e. The van der Waals surface area contributed by atoms with Gasteiger partial charge in [-0.05, 0) is 36.6 Å². The molecule has 0 unspecified atom stereocenters. The Morgan fingerprint density at radius 3 is 2.89 bits per heavy atom. The van der Waals surface area contributed by atoms with Gasteiger partial charge in [0.25, 0.3) is 0 Å². The Morgan fingerprint density at radius 1 is 1.22 bits per heavy atom. The maximum atomic E-state index is 12.6. The first kappa shape index (κ1) is 17.6. The smallest absolute Gasteiger partial charge is 0.225 e. The number of rotatable bonds is 6. The minimum Gasteiger partial charge on any atom is -0.497 e. The molecule has 2 aromatic heterocycles. The molecule has 1 aliphatic carbocycles. The number of methoxy groups -OCH3 is 1. The lowest BCUT2D eigenvalue weighted by Crippen LogP contribution is -2.14. The average molecular weight is 363 g/mol. The zero-order chi connectivity index (χ0) is 18.6. The van der Waals surface area contributed by atoms with Gasteiger partial charge in [-0.25, -0.2) is 4.98 Å². The minimum absolute atomic E-state index is 0.0525. The molecule has 0 saturated heterocycles. The van der Waals surface area contributed by atoms with Gasteiger partial charge in [-0.3, -0.25) is 9.20 Å². The fraction of sp³-hybridized carbons (Fsp3) is 0.364. The van der Waals surface area contributed by atoms with Crippen molar-refractivity contribution in [1.82, 2.24) is 9.38 Å². The first-order valence-corrected chi connectivity index (χ1v) is 9.66. The second-order valence-electron chi connectivity index (χ2n) is 7.21. The van der Waals surface area contributed by atoms with E-state index < -0.39 is 0 Å². The molecule has 1 aromatic carbocycles. The molecule has 5 nitrogen and oxygen atoms in total. The number of carbonyl (C=O) groups is 1. The van der Waals surface area contributed by atoms with Crippen molar-refractivity contribution in [3.05, 3.63) is 48.7 Å². The zero-order valence-electron chi connectivity index (χ0n) is 15.6. The van der Waals surface area contributed by atoms with Crippen LogP contribution in [0.5, 0.6) is 5.75 Å². The molecule has 1 fully saturated rings. The Labute approximate surface area is 159 Å². The molecule has 0 radical (unpaired) electrons. The molecule has 0 spiro atoms. The maximum Gasteiger partial charge on any atom is 0.225 e. The molecular formula is C22H25N3O2. The van der Waals surface area contributed by atoms with Crippen molar-refractivity contribution in [3.8, 4) is 17.0 Å². The Morgan fingerprint density at radius 2 is 2.07 bits per heavy atom. The highest BCUT2D eigenvalue weighted by atomic mass is 16.5. The number of fused-ring (bicyclic) bond motifs is 1. The number of anilines is 1. The first-order chi connectivity index (χ1) is 13.2. The molecule has 0 bridgehead atoms. The third-order valence-corrected chi connectivity index (χ3v) is 5.39. The molecule has 1 amide bonds. The summed E-state index contributed by atoms with van der Waals surface area (Å²) >= 11 is 0. The molecule has 1 aliphatic rings. The van der Waals surface area contributed by atoms with Gasteiger partial charge >= 0.3 is 0 Å². The standard InChI is InChI=1S/C22H25N3O2/c1-27-18-10-6-9-17(15-18)21-22(25-14-5-4-11-19(25)23-21)24-20(26)13-12-16-7-2-3-8-16/h4-6,9-11,14-16H,2-3,7-8,12-13H2,1H3,(H,24,26). The Hall–Kier alpha value is -2.82. The van der Waals surface area contributed by atoms with Crippen LogP contribution in [0.15, 0.2) is 48.7 Å². The lowest BCUT2D eigenvalue weighted by Gasteiger charge is -2.11. The molecular weight excluding hydrogens is 338 g/mol. The van der Waals surface area contributed by atoms with Gasteiger partial charge in [0, 0.05) is 18.2 Å². The van der Waals surface area contributed by atoms with Crippen molar-refractivity contribution in [1.29, 1.82) is 0 Å². The second kappa shape index (κ2) is 7.82. The van der Waals surface area contributed by atoms with Crippen LogP contribution in [0.3, 0.4) is 0 Å². The van der Waals surface area contributed by atoms with Gasteiger partial charge in [0.1, 0.15) is 22.9 Å². The lowest BCUT2D eigenvalue weighted by molar-refractivity contribution is -0.116. The number of hydrogen-bond acceptors (Lipinski definition) is 3. The first-order valence-electron chi connectivity index (χ1n) is 9.66. The predicted molar refractivity (Wildman–Crippen MR) is 107 cm³/mol. The van der Waals surface area contributed by atoms with E-state index >= 15 is 0 Å². The highest BCUT2D eigenvalue weighted by molar-refractivity contribution is 5.94. The summed E-state index contributed by atoms with van der Waals surface area (Å²) in [4.78, 5) is 17.4. The number of carbonyl (C=O) groups excluding carboxylic acids is 1. The van der Waals surface area contributed by atoms with Gasteiger partial charge in [-0.1, -0.05) is 43.9 Å². The Balaban J connectivity index is 1.62. The molecule has 1 saturated carbocycles. The van der Waals surface area contributed by atoms with Crippen LogP contribution >= 0.6 is 0 Å². The number of nitrogens with one attached hydrogen (secondary N) is 1. The summed E-state index contributed by atoms with van der Waals surface area (Å²) in [7, 11) is 1.65. The summed E-state index contributed by atoms with van der Waals surface area (Å²) < 4.78 is 7.28. The van der Waals surface area contributed by atoms with Gasteiger partial charge < -0.3 is 10.1 Å². The van der Waals surface area contributed by atoms with Crippen LogP contribution in [0.1, 0.15) is 38.5 Å². The second-order valence-corrected chi connectivity index (χ2v) is 7.21. The fourth-order valence-corrected chi connectivity index (χ4v) is 3.92. The van der Waals surface area contributed by atoms with Crippen LogP contribution in [0.2, 0.25) is 0 Å². The topological polar surface area (TPSA) is 55.6 Å². The van der Waals surface area contributed by atoms with E-state index in [0.717, 1.165) is 34.9 Å². The van der Waals surface area contributed by atoms with E-state index in [1.807, 2.05) is 53.1 Å². The molecule has 5 heteroatoms. The van der Waals surface area contributed by atoms with E-state index in [1.165, 1.54) is 25.7 Å². The molecule has 4 rings (SSSR count). The van der Waals surface area contributed by atoms with Gasteiger partial charge in [0.2, 0.25) is 5.91 Å². The number of aromatic nitrogens is 2. The minimum atomic E-state index is 0.0525. The number of benzene rings is 1. The monoisotopic (exact) mass is 363 g/mol. The number of nitrogens with zero attached hydrogens (tertiary/aromatic N) is 2. The van der Waals surface area contributed by atoms with Crippen LogP contribution in [0.4, 0.5) is 5.82 Å². The number of pyridine rings is 1. The van der Waals surface area contributed by atoms with Crippen molar-refractivity contribution in [2.45, 2.75) is 38.5 Å². The van der Waals surface area contributed by atoms with Crippen LogP contribution in [0.25, 0.3) is 16.9 Å². The SMILES string of the molecule is COc1cccc(-c2nc3ccccn3c2NC(=O)CCC2CCCC2)c1. The lowest BCUT2D eigenvalue weighted by atomic mass is 10.0. The van der Waals surface area contributed by atoms with Gasteiger partial charge in [0.05, 0.1) is 7.11 Å². The summed E-state index contributed by atoms with van der Waals surface area (Å²) in [5, 5.41) is 3.11. The summed E-state index contributed by atoms with van der Waals surface area (Å²) in [6, 6.07) is 13.6. The van der Waals surface area contributed by atoms with Gasteiger partial charge in [-0.15, -0.1) is 0 Å². The van der Waals surface area contributed by atoms with Crippen molar-refractivity contribution >= 4 is 17.4 Å². The number of imidazole rings is 1. The van der Waals surface area contributed by atoms with Crippen LogP contribution < -0.4 is 10.1 Å². The van der Waals surface area contributed by atoms with Gasteiger partial charge in [0.15, 0.2) is 0 Å². The number of amides is 1. The molecule has 0 atom stereocenters. The van der Waals surface area contributed by atoms with Crippen molar-refractivity contribution < 1.29 is 9.53 Å². The molecule has 2 heterocycles. The van der Waals surface area contributed by atoms with Gasteiger partial charge in [-0.2, -0.15) is 0 Å². The van der Waals surface area contributed by atoms with E-state index in [9.17, 15) is 4.79 Å². The third-order valence-electron chi connectivity index (χ3n) is 5.39. The van der Waals surface area contributed by atoms with E-state index in [1.54, 1.807) is 7.11 Å². The predicted octanol–water partition coefficient (Wildman–Crippen LogP) is 4.92. The normalized spacial score (nSPS) is 14.6. The number of hydrogen-bond donors (Lipinski definition) is 1. The van der Waals surface area contributed by atoms with Crippen molar-refractivity contribution in [2.24, 2.45) is 5.92 Å². The molecule has 3 aromatic rings. The summed E-state index contributed by atoms with van der Waals surface area (Å²) in [5.41, 5.74) is 2.49. The van der Waals surface area contributed by atoms with E-state index in [-0.39, 0.29) is 5.91 Å². The molecule has 27 heavy (non-hydrogen) atoms. The Bertz CT molecular complexity index is 942. The number of ether oxygens (including phenoxy) is 1. The highest BCUT2D eigenvalue weighted by Gasteiger charge is 2.19. The molecule has 0 aliphatic heterocycles. The summed E-state index contributed by atoms with van der Waals surface area (Å²) in [6.45, 7) is 0. The summed E-state index contributed by atoms with van der Waals surface area (Å²) in [5.74, 6) is 2.24. The quantitative estimate of drug-likeness (QED) is 0.676. The van der Waals surface area contributed by atoms with Crippen molar-refractivity contribution in [2.75, 3.05) is 12.4 Å².